The Kier molecular flexibility index (Phi) is 5.34. The summed E-state index contributed by atoms with van der Waals surface area (Å²) in [5.74, 6) is 9.45. The molecule has 0 aliphatic rings. The van der Waals surface area contributed by atoms with Gasteiger partial charge in [-0.05, 0) is 24.1 Å². The van der Waals surface area contributed by atoms with Crippen LogP contribution in [0.15, 0.2) is 18.2 Å². The molecule has 0 spiro atoms. The highest BCUT2D eigenvalue weighted by Crippen LogP contribution is 2.28. The van der Waals surface area contributed by atoms with Gasteiger partial charge in [0, 0.05) is 12.5 Å². The van der Waals surface area contributed by atoms with Gasteiger partial charge < -0.3 is 9.47 Å². The average Bonchev–Trinajstić information content (AvgIpc) is 2.38. The molecule has 0 aromatic heterocycles. The number of benzene rings is 1. The van der Waals surface area contributed by atoms with Gasteiger partial charge in [-0.15, -0.1) is 12.3 Å². The number of nitrogens with two attached hydrogens (primary N) is 1. The van der Waals surface area contributed by atoms with Crippen LogP contribution >= 0.6 is 0 Å². The van der Waals surface area contributed by atoms with Crippen molar-refractivity contribution in [2.24, 2.45) is 5.84 Å². The Balaban J connectivity index is 2.81. The van der Waals surface area contributed by atoms with Crippen molar-refractivity contribution in [2.45, 2.75) is 18.9 Å². The van der Waals surface area contributed by atoms with Crippen molar-refractivity contribution in [1.29, 1.82) is 0 Å². The van der Waals surface area contributed by atoms with Crippen LogP contribution in [0, 0.1) is 12.3 Å². The minimum Gasteiger partial charge on any atom is -0.493 e. The van der Waals surface area contributed by atoms with Crippen LogP contribution in [-0.4, -0.2) is 20.3 Å². The monoisotopic (exact) mass is 234 g/mol. The molecule has 4 nitrogen and oxygen atoms in total. The molecule has 0 heterocycles. The lowest BCUT2D eigenvalue weighted by Crippen LogP contribution is -2.36. The largest absolute Gasteiger partial charge is 0.493 e. The summed E-state index contributed by atoms with van der Waals surface area (Å²) in [5.41, 5.74) is 3.80. The number of nitrogens with one attached hydrogen (secondary N) is 1. The van der Waals surface area contributed by atoms with Crippen LogP contribution in [0.5, 0.6) is 11.5 Å². The Morgan fingerprint density at radius 3 is 2.59 bits per heavy atom. The fourth-order valence-electron chi connectivity index (χ4n) is 1.62. The van der Waals surface area contributed by atoms with E-state index < -0.39 is 0 Å². The van der Waals surface area contributed by atoms with Crippen molar-refractivity contribution in [1.82, 2.24) is 5.43 Å². The minimum atomic E-state index is 0.0677. The topological polar surface area (TPSA) is 56.5 Å². The molecule has 0 aliphatic heterocycles. The zero-order chi connectivity index (χ0) is 12.7. The molecule has 0 saturated carbocycles. The van der Waals surface area contributed by atoms with E-state index in [1.165, 1.54) is 0 Å². The molecular formula is C13H18N2O2. The molecular weight excluding hydrogens is 216 g/mol. The van der Waals surface area contributed by atoms with Crippen molar-refractivity contribution >= 4 is 0 Å². The fraction of sp³-hybridized carbons (Fsp3) is 0.385. The van der Waals surface area contributed by atoms with Crippen molar-refractivity contribution in [3.8, 4) is 23.8 Å². The van der Waals surface area contributed by atoms with E-state index in [0.29, 0.717) is 17.9 Å². The summed E-state index contributed by atoms with van der Waals surface area (Å²) in [5, 5.41) is 0. The summed E-state index contributed by atoms with van der Waals surface area (Å²) in [7, 11) is 3.22. The van der Waals surface area contributed by atoms with Gasteiger partial charge in [-0.3, -0.25) is 11.3 Å². The lowest BCUT2D eigenvalue weighted by atomic mass is 10.0. The summed E-state index contributed by atoms with van der Waals surface area (Å²) in [6, 6.07) is 5.84. The maximum Gasteiger partial charge on any atom is 0.160 e. The highest BCUT2D eigenvalue weighted by molar-refractivity contribution is 5.43. The molecule has 1 aromatic carbocycles. The molecule has 17 heavy (non-hydrogen) atoms. The minimum absolute atomic E-state index is 0.0677. The van der Waals surface area contributed by atoms with E-state index in [4.69, 9.17) is 21.7 Å². The van der Waals surface area contributed by atoms with Gasteiger partial charge in [0.15, 0.2) is 11.5 Å². The quantitative estimate of drug-likeness (QED) is 0.440. The molecule has 1 rings (SSSR count). The average molecular weight is 234 g/mol. The number of hydrogen-bond acceptors (Lipinski definition) is 4. The predicted molar refractivity (Wildman–Crippen MR) is 67.8 cm³/mol. The summed E-state index contributed by atoms with van der Waals surface area (Å²) in [6.07, 6.45) is 6.61. The summed E-state index contributed by atoms with van der Waals surface area (Å²) in [6.45, 7) is 0. The number of rotatable bonds is 6. The number of terminal acetylenes is 1. The third kappa shape index (κ3) is 3.66. The lowest BCUT2D eigenvalue weighted by molar-refractivity contribution is 0.354. The van der Waals surface area contributed by atoms with Gasteiger partial charge in [-0.1, -0.05) is 6.07 Å². The fourth-order valence-corrected chi connectivity index (χ4v) is 1.62. The smallest absolute Gasteiger partial charge is 0.160 e. The molecule has 1 aromatic rings. The molecule has 0 amide bonds. The van der Waals surface area contributed by atoms with E-state index in [-0.39, 0.29) is 6.04 Å². The number of hydrazine groups is 1. The second kappa shape index (κ2) is 6.79. The maximum atomic E-state index is 5.43. The van der Waals surface area contributed by atoms with Gasteiger partial charge in [0.2, 0.25) is 0 Å². The van der Waals surface area contributed by atoms with Crippen LogP contribution < -0.4 is 20.7 Å². The second-order valence-electron chi connectivity index (χ2n) is 3.67. The maximum absolute atomic E-state index is 5.43. The van der Waals surface area contributed by atoms with Crippen molar-refractivity contribution in [2.75, 3.05) is 14.2 Å². The molecule has 3 N–H and O–H groups in total. The molecule has 0 aliphatic carbocycles. The molecule has 92 valence electrons. The Bertz CT molecular complexity index is 399. The van der Waals surface area contributed by atoms with Crippen molar-refractivity contribution in [3.63, 3.8) is 0 Å². The zero-order valence-electron chi connectivity index (χ0n) is 10.2. The van der Waals surface area contributed by atoms with Crippen molar-refractivity contribution < 1.29 is 9.47 Å². The summed E-state index contributed by atoms with van der Waals surface area (Å²) >= 11 is 0. The Morgan fingerprint density at radius 2 is 2.06 bits per heavy atom. The van der Waals surface area contributed by atoms with Gasteiger partial charge in [0.05, 0.1) is 14.2 Å². The first-order valence-corrected chi connectivity index (χ1v) is 5.35. The number of hydrogen-bond donors (Lipinski definition) is 2. The van der Waals surface area contributed by atoms with E-state index >= 15 is 0 Å². The van der Waals surface area contributed by atoms with Crippen LogP contribution in [0.1, 0.15) is 12.0 Å². The SMILES string of the molecule is C#CCC(Cc1ccc(OC)c(OC)c1)NN. The van der Waals surface area contributed by atoms with E-state index in [1.54, 1.807) is 14.2 Å². The predicted octanol–water partition coefficient (Wildman–Crippen LogP) is 1.10. The lowest BCUT2D eigenvalue weighted by Gasteiger charge is -2.14. The molecule has 0 radical (unpaired) electrons. The van der Waals surface area contributed by atoms with Gasteiger partial charge in [-0.25, -0.2) is 0 Å². The van der Waals surface area contributed by atoms with E-state index in [2.05, 4.69) is 11.3 Å². The third-order valence-electron chi connectivity index (χ3n) is 2.53. The standard InChI is InChI=1S/C13H18N2O2/c1-4-5-11(15-14)8-10-6-7-12(16-2)13(9-10)17-3/h1,6-7,9,11,15H,5,8,14H2,2-3H3. The Hall–Kier alpha value is -1.70. The van der Waals surface area contributed by atoms with Gasteiger partial charge in [0.25, 0.3) is 0 Å². The van der Waals surface area contributed by atoms with Crippen LogP contribution in [0.3, 0.4) is 0 Å². The van der Waals surface area contributed by atoms with E-state index in [9.17, 15) is 0 Å². The Morgan fingerprint density at radius 1 is 1.35 bits per heavy atom. The first-order valence-electron chi connectivity index (χ1n) is 5.35. The third-order valence-corrected chi connectivity index (χ3v) is 2.53. The molecule has 0 bridgehead atoms. The van der Waals surface area contributed by atoms with Gasteiger partial charge in [0.1, 0.15) is 0 Å². The molecule has 1 atom stereocenters. The van der Waals surface area contributed by atoms with Gasteiger partial charge >= 0.3 is 0 Å². The first-order chi connectivity index (χ1) is 8.24. The molecule has 1 unspecified atom stereocenters. The highest BCUT2D eigenvalue weighted by Gasteiger charge is 2.09. The first kappa shape index (κ1) is 13.4. The van der Waals surface area contributed by atoms with Crippen LogP contribution in [0.4, 0.5) is 0 Å². The normalized spacial score (nSPS) is 11.6. The summed E-state index contributed by atoms with van der Waals surface area (Å²) < 4.78 is 10.4. The van der Waals surface area contributed by atoms with E-state index in [1.807, 2.05) is 18.2 Å². The molecule has 0 fully saturated rings. The van der Waals surface area contributed by atoms with E-state index in [0.717, 1.165) is 12.0 Å². The number of methoxy groups -OCH3 is 2. The molecule has 4 heteroatoms. The van der Waals surface area contributed by atoms with Crippen molar-refractivity contribution in [3.05, 3.63) is 23.8 Å². The van der Waals surface area contributed by atoms with Gasteiger partial charge in [-0.2, -0.15) is 0 Å². The number of ether oxygens (including phenoxy) is 2. The Labute approximate surface area is 102 Å². The van der Waals surface area contributed by atoms with Crippen LogP contribution in [0.2, 0.25) is 0 Å². The molecule has 0 saturated heterocycles. The summed E-state index contributed by atoms with van der Waals surface area (Å²) in [4.78, 5) is 0. The zero-order valence-corrected chi connectivity index (χ0v) is 10.2. The highest BCUT2D eigenvalue weighted by atomic mass is 16.5. The van der Waals surface area contributed by atoms with Crippen LogP contribution in [-0.2, 0) is 6.42 Å². The van der Waals surface area contributed by atoms with Crippen LogP contribution in [0.25, 0.3) is 0 Å². The second-order valence-corrected chi connectivity index (χ2v) is 3.67.